The van der Waals surface area contributed by atoms with E-state index in [1.165, 1.54) is 6.42 Å². The number of para-hydroxylation sites is 1. The second-order valence-corrected chi connectivity index (χ2v) is 8.56. The summed E-state index contributed by atoms with van der Waals surface area (Å²) in [6.07, 6.45) is 3.57. The first kappa shape index (κ1) is 19.6. The third-order valence-electron chi connectivity index (χ3n) is 4.38. The Hall–Kier alpha value is -2.19. The molecule has 1 aliphatic rings. The summed E-state index contributed by atoms with van der Waals surface area (Å²) in [4.78, 5) is 11.1. The van der Waals surface area contributed by atoms with Crippen LogP contribution >= 0.6 is 0 Å². The average molecular weight is 391 g/mol. The topological polar surface area (TPSA) is 84.4 Å². The third-order valence-corrected chi connectivity index (χ3v) is 5.67. The number of rotatable bonds is 8. The van der Waals surface area contributed by atoms with Crippen LogP contribution in [0, 0.1) is 6.92 Å². The molecule has 0 bridgehead atoms. The molecular formula is C19H26N4O3S. The van der Waals surface area contributed by atoms with Crippen molar-refractivity contribution in [3.63, 3.8) is 0 Å². The van der Waals surface area contributed by atoms with Crippen molar-refractivity contribution in [1.82, 2.24) is 14.7 Å². The van der Waals surface area contributed by atoms with Gasteiger partial charge in [-0.15, -0.1) is 0 Å². The van der Waals surface area contributed by atoms with Gasteiger partial charge in [0, 0.05) is 24.8 Å². The van der Waals surface area contributed by atoms with Crippen LogP contribution in [0.5, 0.6) is 5.75 Å². The van der Waals surface area contributed by atoms with Crippen molar-refractivity contribution in [3.8, 4) is 5.75 Å². The lowest BCUT2D eigenvalue weighted by atomic mass is 10.1. The number of hydrogen-bond donors (Lipinski definition) is 1. The Balaban J connectivity index is 1.54. The van der Waals surface area contributed by atoms with Crippen molar-refractivity contribution in [3.05, 3.63) is 47.9 Å². The maximum atomic E-state index is 12.2. The molecule has 0 radical (unpaired) electrons. The van der Waals surface area contributed by atoms with Gasteiger partial charge in [0.15, 0.2) is 0 Å². The molecule has 7 nitrogen and oxygen atoms in total. The fourth-order valence-electron chi connectivity index (χ4n) is 3.01. The van der Waals surface area contributed by atoms with Crippen molar-refractivity contribution in [2.45, 2.75) is 32.7 Å². The fourth-order valence-corrected chi connectivity index (χ4v) is 3.80. The maximum Gasteiger partial charge on any atom is 0.215 e. The Labute approximate surface area is 160 Å². The molecule has 3 rings (SSSR count). The zero-order chi connectivity index (χ0) is 19.1. The SMILES string of the molecule is Cc1cc(N2CCCCC2)nc(CNS(=O)(=O)CCOc2ccccc2)n1. The lowest BCUT2D eigenvalue weighted by Crippen LogP contribution is -2.32. The Morgan fingerprint density at radius 2 is 1.85 bits per heavy atom. The molecule has 0 atom stereocenters. The van der Waals surface area contributed by atoms with Gasteiger partial charge in [-0.1, -0.05) is 18.2 Å². The summed E-state index contributed by atoms with van der Waals surface area (Å²) < 4.78 is 32.4. The minimum atomic E-state index is -3.47. The van der Waals surface area contributed by atoms with Gasteiger partial charge in [-0.25, -0.2) is 23.1 Å². The highest BCUT2D eigenvalue weighted by atomic mass is 32.2. The predicted molar refractivity (Wildman–Crippen MR) is 105 cm³/mol. The van der Waals surface area contributed by atoms with Crippen molar-refractivity contribution >= 4 is 15.8 Å². The lowest BCUT2D eigenvalue weighted by Gasteiger charge is -2.28. The molecule has 1 aromatic carbocycles. The largest absolute Gasteiger partial charge is 0.492 e. The number of piperidine rings is 1. The molecule has 8 heteroatoms. The number of hydrogen-bond acceptors (Lipinski definition) is 6. The average Bonchev–Trinajstić information content (AvgIpc) is 2.68. The van der Waals surface area contributed by atoms with Crippen molar-refractivity contribution in [2.24, 2.45) is 0 Å². The van der Waals surface area contributed by atoms with Gasteiger partial charge in [0.05, 0.1) is 12.3 Å². The highest BCUT2D eigenvalue weighted by molar-refractivity contribution is 7.89. The molecule has 1 aromatic heterocycles. The summed E-state index contributed by atoms with van der Waals surface area (Å²) in [6, 6.07) is 11.1. The van der Waals surface area contributed by atoms with Crippen LogP contribution in [0.2, 0.25) is 0 Å². The molecule has 146 valence electrons. The molecule has 0 saturated carbocycles. The van der Waals surface area contributed by atoms with E-state index in [0.29, 0.717) is 11.6 Å². The first-order valence-corrected chi connectivity index (χ1v) is 10.9. The van der Waals surface area contributed by atoms with Gasteiger partial charge in [-0.05, 0) is 38.3 Å². The summed E-state index contributed by atoms with van der Waals surface area (Å²) >= 11 is 0. The van der Waals surface area contributed by atoms with E-state index in [2.05, 4.69) is 19.6 Å². The molecule has 1 N–H and O–H groups in total. The van der Waals surface area contributed by atoms with Crippen LogP contribution in [0.15, 0.2) is 36.4 Å². The number of aryl methyl sites for hydroxylation is 1. The Bertz CT molecular complexity index is 837. The normalized spacial score (nSPS) is 14.9. The lowest BCUT2D eigenvalue weighted by molar-refractivity contribution is 0.340. The van der Waals surface area contributed by atoms with Crippen LogP contribution in [0.3, 0.4) is 0 Å². The van der Waals surface area contributed by atoms with E-state index in [0.717, 1.165) is 37.4 Å². The molecule has 2 heterocycles. The van der Waals surface area contributed by atoms with Gasteiger partial charge in [-0.2, -0.15) is 0 Å². The molecule has 0 aliphatic carbocycles. The van der Waals surface area contributed by atoms with Gasteiger partial charge >= 0.3 is 0 Å². The van der Waals surface area contributed by atoms with E-state index in [-0.39, 0.29) is 18.9 Å². The first-order chi connectivity index (χ1) is 13.0. The molecule has 0 unspecified atom stereocenters. The van der Waals surface area contributed by atoms with E-state index < -0.39 is 10.0 Å². The van der Waals surface area contributed by atoms with Gasteiger partial charge < -0.3 is 9.64 Å². The predicted octanol–water partition coefficient (Wildman–Crippen LogP) is 2.27. The summed E-state index contributed by atoms with van der Waals surface area (Å²) in [6.45, 7) is 4.04. The summed E-state index contributed by atoms with van der Waals surface area (Å²) in [5, 5.41) is 0. The third kappa shape index (κ3) is 6.18. The van der Waals surface area contributed by atoms with Crippen LogP contribution in [0.4, 0.5) is 5.82 Å². The summed E-state index contributed by atoms with van der Waals surface area (Å²) in [5.74, 6) is 1.90. The standard InChI is InChI=1S/C19H26N4O3S/c1-16-14-19(23-10-6-3-7-11-23)22-18(21-16)15-20-27(24,25)13-12-26-17-8-4-2-5-9-17/h2,4-5,8-9,14,20H,3,6-7,10-13,15H2,1H3. The highest BCUT2D eigenvalue weighted by Gasteiger charge is 2.15. The minimum Gasteiger partial charge on any atom is -0.492 e. The van der Waals surface area contributed by atoms with E-state index >= 15 is 0 Å². The maximum absolute atomic E-state index is 12.2. The molecular weight excluding hydrogens is 364 g/mol. The zero-order valence-electron chi connectivity index (χ0n) is 15.6. The smallest absolute Gasteiger partial charge is 0.215 e. The van der Waals surface area contributed by atoms with E-state index in [4.69, 9.17) is 4.74 Å². The number of benzene rings is 1. The van der Waals surface area contributed by atoms with Gasteiger partial charge in [0.25, 0.3) is 0 Å². The number of sulfonamides is 1. The minimum absolute atomic E-state index is 0.0796. The van der Waals surface area contributed by atoms with Gasteiger partial charge in [0.2, 0.25) is 10.0 Å². The van der Waals surface area contributed by atoms with Gasteiger partial charge in [0.1, 0.15) is 24.0 Å². The molecule has 0 amide bonds. The summed E-state index contributed by atoms with van der Waals surface area (Å²) in [5.41, 5.74) is 0.840. The fraction of sp³-hybridized carbons (Fsp3) is 0.474. The van der Waals surface area contributed by atoms with Crippen molar-refractivity contribution in [2.75, 3.05) is 30.3 Å². The zero-order valence-corrected chi connectivity index (χ0v) is 16.4. The summed E-state index contributed by atoms with van der Waals surface area (Å²) in [7, 11) is -3.47. The highest BCUT2D eigenvalue weighted by Crippen LogP contribution is 2.18. The quantitative estimate of drug-likeness (QED) is 0.744. The van der Waals surface area contributed by atoms with Crippen LogP contribution in [-0.4, -0.2) is 43.8 Å². The molecule has 1 aliphatic heterocycles. The number of ether oxygens (including phenoxy) is 1. The van der Waals surface area contributed by atoms with Crippen LogP contribution in [0.25, 0.3) is 0 Å². The molecule has 27 heavy (non-hydrogen) atoms. The van der Waals surface area contributed by atoms with E-state index in [1.54, 1.807) is 12.1 Å². The number of nitrogens with zero attached hydrogens (tertiary/aromatic N) is 3. The number of anilines is 1. The first-order valence-electron chi connectivity index (χ1n) is 9.26. The molecule has 0 spiro atoms. The van der Waals surface area contributed by atoms with E-state index in [9.17, 15) is 8.42 Å². The Morgan fingerprint density at radius 3 is 2.59 bits per heavy atom. The second-order valence-electron chi connectivity index (χ2n) is 6.63. The molecule has 1 saturated heterocycles. The number of aromatic nitrogens is 2. The van der Waals surface area contributed by atoms with Crippen molar-refractivity contribution in [1.29, 1.82) is 0 Å². The van der Waals surface area contributed by atoms with Crippen LogP contribution in [0.1, 0.15) is 30.8 Å². The van der Waals surface area contributed by atoms with Gasteiger partial charge in [-0.3, -0.25) is 0 Å². The number of nitrogens with one attached hydrogen (secondary N) is 1. The molecule has 2 aromatic rings. The van der Waals surface area contributed by atoms with E-state index in [1.807, 2.05) is 31.2 Å². The Morgan fingerprint density at radius 1 is 1.11 bits per heavy atom. The van der Waals surface area contributed by atoms with Crippen molar-refractivity contribution < 1.29 is 13.2 Å². The molecule has 1 fully saturated rings. The Kier molecular flexibility index (Phi) is 6.63. The van der Waals surface area contributed by atoms with Crippen LogP contribution < -0.4 is 14.4 Å². The van der Waals surface area contributed by atoms with Crippen LogP contribution in [-0.2, 0) is 16.6 Å². The second kappa shape index (κ2) is 9.14. The monoisotopic (exact) mass is 390 g/mol.